The van der Waals surface area contributed by atoms with Crippen molar-refractivity contribution in [1.82, 2.24) is 4.98 Å². The molecule has 0 atom stereocenters. The molecule has 0 fully saturated rings. The number of nitrogens with two attached hydrogens (primary N) is 1. The van der Waals surface area contributed by atoms with Crippen molar-refractivity contribution in [2.45, 2.75) is 24.5 Å². The molecule has 2 rings (SSSR count). The molecule has 0 aliphatic heterocycles. The van der Waals surface area contributed by atoms with Gasteiger partial charge in [-0.2, -0.15) is 0 Å². The minimum atomic E-state index is 0.0541. The molecule has 21 heavy (non-hydrogen) atoms. The van der Waals surface area contributed by atoms with Crippen molar-refractivity contribution in [2.75, 3.05) is 12.3 Å². The van der Waals surface area contributed by atoms with E-state index >= 15 is 0 Å². The number of nitrogens with zero attached hydrogens (tertiary/aromatic N) is 1. The Labute approximate surface area is 128 Å². The van der Waals surface area contributed by atoms with Gasteiger partial charge < -0.3 is 10.5 Å². The summed E-state index contributed by atoms with van der Waals surface area (Å²) >= 11 is 1.63. The molecule has 0 saturated carbocycles. The number of carbonyl (C=O) groups is 1. The molecule has 0 unspecified atom stereocenters. The summed E-state index contributed by atoms with van der Waals surface area (Å²) in [6.07, 6.45) is 1.75. The maximum Gasteiger partial charge on any atom is 0.159 e. The predicted molar refractivity (Wildman–Crippen MR) is 85.8 cm³/mol. The lowest BCUT2D eigenvalue weighted by atomic mass is 10.1. The number of ketones is 1. The van der Waals surface area contributed by atoms with Crippen LogP contribution in [-0.4, -0.2) is 17.4 Å². The largest absolute Gasteiger partial charge is 0.494 e. The van der Waals surface area contributed by atoms with Gasteiger partial charge in [0.2, 0.25) is 0 Å². The Morgan fingerprint density at radius 1 is 1.33 bits per heavy atom. The van der Waals surface area contributed by atoms with E-state index in [1.165, 1.54) is 0 Å². The molecular formula is C16H18N2O2S. The lowest BCUT2D eigenvalue weighted by molar-refractivity contribution is 0.101. The highest BCUT2D eigenvalue weighted by molar-refractivity contribution is 7.98. The zero-order valence-corrected chi connectivity index (χ0v) is 12.9. The van der Waals surface area contributed by atoms with Crippen LogP contribution < -0.4 is 10.5 Å². The molecule has 2 aromatic rings. The Hall–Kier alpha value is -2.01. The quantitative estimate of drug-likeness (QED) is 0.653. The SMILES string of the molecule is CCOc1ccc(C(C)=O)cc1CSc1ccc(N)nc1. The molecular weight excluding hydrogens is 284 g/mol. The fourth-order valence-electron chi connectivity index (χ4n) is 1.85. The zero-order chi connectivity index (χ0) is 15.2. The van der Waals surface area contributed by atoms with E-state index in [0.717, 1.165) is 16.2 Å². The Bertz CT molecular complexity index is 627. The third-order valence-electron chi connectivity index (χ3n) is 2.92. The van der Waals surface area contributed by atoms with E-state index in [-0.39, 0.29) is 5.78 Å². The number of nitrogen functional groups attached to an aromatic ring is 1. The van der Waals surface area contributed by atoms with E-state index in [0.29, 0.717) is 23.7 Å². The molecule has 0 bridgehead atoms. The number of benzene rings is 1. The first-order valence-corrected chi connectivity index (χ1v) is 7.69. The highest BCUT2D eigenvalue weighted by atomic mass is 32.2. The number of hydrogen-bond acceptors (Lipinski definition) is 5. The Balaban J connectivity index is 2.17. The zero-order valence-electron chi connectivity index (χ0n) is 12.1. The lowest BCUT2D eigenvalue weighted by Crippen LogP contribution is -1.99. The first-order valence-electron chi connectivity index (χ1n) is 6.71. The van der Waals surface area contributed by atoms with Gasteiger partial charge in [0.05, 0.1) is 6.61 Å². The van der Waals surface area contributed by atoms with Gasteiger partial charge in [0.25, 0.3) is 0 Å². The highest BCUT2D eigenvalue weighted by Crippen LogP contribution is 2.29. The van der Waals surface area contributed by atoms with Crippen molar-refractivity contribution >= 4 is 23.4 Å². The molecule has 110 valence electrons. The number of Topliss-reactive ketones (excluding diaryl/α,β-unsaturated/α-hetero) is 1. The van der Waals surface area contributed by atoms with E-state index in [1.54, 1.807) is 37.0 Å². The van der Waals surface area contributed by atoms with Crippen molar-refractivity contribution in [1.29, 1.82) is 0 Å². The van der Waals surface area contributed by atoms with Crippen LogP contribution in [0.3, 0.4) is 0 Å². The maximum absolute atomic E-state index is 11.5. The minimum absolute atomic E-state index is 0.0541. The summed E-state index contributed by atoms with van der Waals surface area (Å²) in [5, 5.41) is 0. The molecule has 0 aliphatic rings. The van der Waals surface area contributed by atoms with Crippen molar-refractivity contribution in [3.8, 4) is 5.75 Å². The van der Waals surface area contributed by atoms with E-state index in [4.69, 9.17) is 10.5 Å². The Morgan fingerprint density at radius 3 is 2.76 bits per heavy atom. The van der Waals surface area contributed by atoms with Gasteiger partial charge in [0, 0.05) is 28.0 Å². The van der Waals surface area contributed by atoms with Crippen LogP contribution in [0.1, 0.15) is 29.8 Å². The van der Waals surface area contributed by atoms with Crippen LogP contribution in [0.15, 0.2) is 41.4 Å². The number of hydrogen-bond donors (Lipinski definition) is 1. The summed E-state index contributed by atoms with van der Waals surface area (Å²) in [4.78, 5) is 16.6. The van der Waals surface area contributed by atoms with Crippen molar-refractivity contribution < 1.29 is 9.53 Å². The van der Waals surface area contributed by atoms with Crippen molar-refractivity contribution in [2.24, 2.45) is 0 Å². The van der Waals surface area contributed by atoms with Gasteiger partial charge in [-0.3, -0.25) is 4.79 Å². The molecule has 1 aromatic heterocycles. The second kappa shape index (κ2) is 7.13. The summed E-state index contributed by atoms with van der Waals surface area (Å²) in [6, 6.07) is 9.26. The number of aromatic nitrogens is 1. The van der Waals surface area contributed by atoms with E-state index in [2.05, 4.69) is 4.98 Å². The molecule has 0 amide bonds. The topological polar surface area (TPSA) is 65.2 Å². The monoisotopic (exact) mass is 302 g/mol. The number of anilines is 1. The first-order chi connectivity index (χ1) is 10.1. The van der Waals surface area contributed by atoms with Gasteiger partial charge in [-0.05, 0) is 44.2 Å². The average molecular weight is 302 g/mol. The molecule has 0 saturated heterocycles. The van der Waals surface area contributed by atoms with Crippen LogP contribution in [-0.2, 0) is 5.75 Å². The van der Waals surface area contributed by atoms with Gasteiger partial charge >= 0.3 is 0 Å². The van der Waals surface area contributed by atoms with Gasteiger partial charge in [-0.1, -0.05) is 0 Å². The number of pyridine rings is 1. The molecule has 1 heterocycles. The normalized spacial score (nSPS) is 10.4. The van der Waals surface area contributed by atoms with Crippen molar-refractivity contribution in [3.05, 3.63) is 47.7 Å². The summed E-state index contributed by atoms with van der Waals surface area (Å²) in [5.41, 5.74) is 7.28. The minimum Gasteiger partial charge on any atom is -0.494 e. The van der Waals surface area contributed by atoms with E-state index in [9.17, 15) is 4.79 Å². The van der Waals surface area contributed by atoms with Crippen LogP contribution in [0, 0.1) is 0 Å². The maximum atomic E-state index is 11.5. The van der Waals surface area contributed by atoms with Gasteiger partial charge in [-0.25, -0.2) is 4.98 Å². The standard InChI is InChI=1S/C16H18N2O2S/c1-3-20-15-6-4-12(11(2)19)8-13(15)10-21-14-5-7-16(17)18-9-14/h4-9H,3,10H2,1-2H3,(H2,17,18). The summed E-state index contributed by atoms with van der Waals surface area (Å²) in [5.74, 6) is 2.09. The predicted octanol–water partition coefficient (Wildman–Crippen LogP) is 3.56. The number of ether oxygens (including phenoxy) is 1. The van der Waals surface area contributed by atoms with Crippen LogP contribution in [0.5, 0.6) is 5.75 Å². The molecule has 5 heteroatoms. The van der Waals surface area contributed by atoms with Crippen LogP contribution >= 0.6 is 11.8 Å². The highest BCUT2D eigenvalue weighted by Gasteiger charge is 2.08. The Kier molecular flexibility index (Phi) is 5.22. The lowest BCUT2D eigenvalue weighted by Gasteiger charge is -2.11. The molecule has 1 aromatic carbocycles. The smallest absolute Gasteiger partial charge is 0.159 e. The molecule has 0 radical (unpaired) electrons. The molecule has 0 spiro atoms. The second-order valence-corrected chi connectivity index (χ2v) is 5.57. The number of carbonyl (C=O) groups excluding carboxylic acids is 1. The number of rotatable bonds is 6. The van der Waals surface area contributed by atoms with E-state index in [1.807, 2.05) is 25.1 Å². The summed E-state index contributed by atoms with van der Waals surface area (Å²) in [7, 11) is 0. The number of thioether (sulfide) groups is 1. The van der Waals surface area contributed by atoms with Gasteiger partial charge in [-0.15, -0.1) is 11.8 Å². The second-order valence-electron chi connectivity index (χ2n) is 4.52. The van der Waals surface area contributed by atoms with Crippen LogP contribution in [0.2, 0.25) is 0 Å². The molecule has 0 aliphatic carbocycles. The Morgan fingerprint density at radius 2 is 2.14 bits per heavy atom. The van der Waals surface area contributed by atoms with Crippen LogP contribution in [0.25, 0.3) is 0 Å². The van der Waals surface area contributed by atoms with Crippen molar-refractivity contribution in [3.63, 3.8) is 0 Å². The third kappa shape index (κ3) is 4.23. The average Bonchev–Trinajstić information content (AvgIpc) is 2.48. The third-order valence-corrected chi connectivity index (χ3v) is 3.95. The van der Waals surface area contributed by atoms with Gasteiger partial charge in [0.1, 0.15) is 11.6 Å². The summed E-state index contributed by atoms with van der Waals surface area (Å²) in [6.45, 7) is 4.11. The fraction of sp³-hybridized carbons (Fsp3) is 0.250. The summed E-state index contributed by atoms with van der Waals surface area (Å²) < 4.78 is 5.62. The van der Waals surface area contributed by atoms with E-state index < -0.39 is 0 Å². The van der Waals surface area contributed by atoms with Crippen LogP contribution in [0.4, 0.5) is 5.82 Å². The molecule has 2 N–H and O–H groups in total. The first kappa shape index (κ1) is 15.4. The fourth-order valence-corrected chi connectivity index (χ4v) is 2.69. The molecule has 4 nitrogen and oxygen atoms in total. The van der Waals surface area contributed by atoms with Gasteiger partial charge in [0.15, 0.2) is 5.78 Å².